The highest BCUT2D eigenvalue weighted by Crippen LogP contribution is 2.29. The van der Waals surface area contributed by atoms with Gasteiger partial charge in [-0.25, -0.2) is 0 Å². The summed E-state index contributed by atoms with van der Waals surface area (Å²) in [6.45, 7) is 2.04. The van der Waals surface area contributed by atoms with Crippen molar-refractivity contribution < 1.29 is 9.53 Å². The van der Waals surface area contributed by atoms with Crippen molar-refractivity contribution in [1.82, 2.24) is 4.90 Å². The maximum atomic E-state index is 12.8. The molecule has 132 valence electrons. The lowest BCUT2D eigenvalue weighted by atomic mass is 9.90. The molecule has 0 aliphatic heterocycles. The van der Waals surface area contributed by atoms with Crippen molar-refractivity contribution >= 4 is 5.91 Å². The molecule has 0 saturated carbocycles. The van der Waals surface area contributed by atoms with Gasteiger partial charge in [-0.2, -0.15) is 0 Å². The maximum Gasteiger partial charge on any atom is 0.227 e. The molecule has 1 aliphatic carbocycles. The third-order valence-corrected chi connectivity index (χ3v) is 5.33. The SMILES string of the molecule is COc1ccccc1[C@@H](C)N(C)C(=O)Cc1ccc2c(c1)CCCC2. The Bertz CT molecular complexity index is 753. The van der Waals surface area contributed by atoms with Gasteiger partial charge in [-0.3, -0.25) is 4.79 Å². The number of ether oxygens (including phenoxy) is 1. The normalized spacial score (nSPS) is 14.5. The first kappa shape index (κ1) is 17.5. The van der Waals surface area contributed by atoms with Gasteiger partial charge in [0.15, 0.2) is 0 Å². The number of carbonyl (C=O) groups is 1. The summed E-state index contributed by atoms with van der Waals surface area (Å²) >= 11 is 0. The van der Waals surface area contributed by atoms with E-state index in [2.05, 4.69) is 18.2 Å². The molecule has 3 heteroatoms. The lowest BCUT2D eigenvalue weighted by Crippen LogP contribution is -2.31. The Morgan fingerprint density at radius 3 is 2.60 bits per heavy atom. The zero-order valence-electron chi connectivity index (χ0n) is 15.4. The summed E-state index contributed by atoms with van der Waals surface area (Å²) < 4.78 is 5.44. The number of fused-ring (bicyclic) bond motifs is 1. The second-order valence-corrected chi connectivity index (χ2v) is 6.91. The zero-order valence-corrected chi connectivity index (χ0v) is 15.4. The summed E-state index contributed by atoms with van der Waals surface area (Å²) in [4.78, 5) is 14.6. The summed E-state index contributed by atoms with van der Waals surface area (Å²) in [5, 5.41) is 0. The standard InChI is InChI=1S/C22H27NO2/c1-16(20-10-6-7-11-21(20)25-3)23(2)22(24)15-17-12-13-18-8-4-5-9-19(18)14-17/h6-7,10-14,16H,4-5,8-9,15H2,1-3H3/t16-/m1/s1. The quantitative estimate of drug-likeness (QED) is 0.812. The summed E-state index contributed by atoms with van der Waals surface area (Å²) in [5.41, 5.74) is 5.03. The molecule has 0 spiro atoms. The minimum Gasteiger partial charge on any atom is -0.496 e. The van der Waals surface area contributed by atoms with Crippen molar-refractivity contribution in [2.75, 3.05) is 14.2 Å². The second kappa shape index (κ2) is 7.73. The van der Waals surface area contributed by atoms with Crippen molar-refractivity contribution in [3.63, 3.8) is 0 Å². The van der Waals surface area contributed by atoms with Crippen LogP contribution < -0.4 is 4.74 Å². The van der Waals surface area contributed by atoms with E-state index in [9.17, 15) is 4.79 Å². The van der Waals surface area contributed by atoms with Crippen LogP contribution in [0.4, 0.5) is 0 Å². The third kappa shape index (κ3) is 3.87. The van der Waals surface area contributed by atoms with Crippen molar-refractivity contribution in [2.24, 2.45) is 0 Å². The Balaban J connectivity index is 1.72. The molecule has 1 atom stereocenters. The van der Waals surface area contributed by atoms with E-state index in [1.165, 1.54) is 30.4 Å². The average molecular weight is 337 g/mol. The van der Waals surface area contributed by atoms with Gasteiger partial charge in [0.2, 0.25) is 5.91 Å². The first-order chi connectivity index (χ1) is 12.1. The number of likely N-dealkylation sites (N-methyl/N-ethyl adjacent to an activating group) is 1. The van der Waals surface area contributed by atoms with Crippen LogP contribution in [-0.4, -0.2) is 25.0 Å². The molecule has 0 bridgehead atoms. The number of nitrogens with zero attached hydrogens (tertiary/aromatic N) is 1. The number of methoxy groups -OCH3 is 1. The fourth-order valence-corrected chi connectivity index (χ4v) is 3.63. The molecule has 0 heterocycles. The largest absolute Gasteiger partial charge is 0.496 e. The Hall–Kier alpha value is -2.29. The third-order valence-electron chi connectivity index (χ3n) is 5.33. The number of para-hydroxylation sites is 1. The fraction of sp³-hybridized carbons (Fsp3) is 0.409. The van der Waals surface area contributed by atoms with E-state index < -0.39 is 0 Å². The molecule has 2 aromatic carbocycles. The molecule has 1 amide bonds. The van der Waals surface area contributed by atoms with Gasteiger partial charge in [-0.15, -0.1) is 0 Å². The van der Waals surface area contributed by atoms with Gasteiger partial charge in [0.25, 0.3) is 0 Å². The van der Waals surface area contributed by atoms with Gasteiger partial charge >= 0.3 is 0 Å². The first-order valence-corrected chi connectivity index (χ1v) is 9.09. The van der Waals surface area contributed by atoms with Gasteiger partial charge in [-0.1, -0.05) is 36.4 Å². The van der Waals surface area contributed by atoms with Crippen LogP contribution in [0.3, 0.4) is 0 Å². The molecule has 0 unspecified atom stereocenters. The first-order valence-electron chi connectivity index (χ1n) is 9.09. The van der Waals surface area contributed by atoms with Gasteiger partial charge in [-0.05, 0) is 55.4 Å². The van der Waals surface area contributed by atoms with Crippen molar-refractivity contribution in [3.8, 4) is 5.75 Å². The van der Waals surface area contributed by atoms with Gasteiger partial charge in [0, 0.05) is 12.6 Å². The molecular formula is C22H27NO2. The smallest absolute Gasteiger partial charge is 0.227 e. The van der Waals surface area contributed by atoms with Crippen LogP contribution in [-0.2, 0) is 24.1 Å². The maximum absolute atomic E-state index is 12.8. The fourth-order valence-electron chi connectivity index (χ4n) is 3.63. The minimum absolute atomic E-state index is 0.0266. The summed E-state index contributed by atoms with van der Waals surface area (Å²) in [7, 11) is 3.54. The van der Waals surface area contributed by atoms with Crippen LogP contribution in [0.5, 0.6) is 5.75 Å². The average Bonchev–Trinajstić information content (AvgIpc) is 2.66. The molecule has 0 aromatic heterocycles. The Kier molecular flexibility index (Phi) is 5.42. The van der Waals surface area contributed by atoms with Crippen molar-refractivity contribution in [1.29, 1.82) is 0 Å². The highest BCUT2D eigenvalue weighted by atomic mass is 16.5. The highest BCUT2D eigenvalue weighted by molar-refractivity contribution is 5.79. The van der Waals surface area contributed by atoms with Crippen LogP contribution in [0.25, 0.3) is 0 Å². The number of carbonyl (C=O) groups excluding carboxylic acids is 1. The van der Waals surface area contributed by atoms with Crippen LogP contribution in [0.2, 0.25) is 0 Å². The Morgan fingerprint density at radius 2 is 1.84 bits per heavy atom. The van der Waals surface area contributed by atoms with E-state index >= 15 is 0 Å². The van der Waals surface area contributed by atoms with Gasteiger partial charge in [0.1, 0.15) is 5.75 Å². The van der Waals surface area contributed by atoms with Gasteiger partial charge in [0.05, 0.1) is 19.6 Å². The second-order valence-electron chi connectivity index (χ2n) is 6.91. The molecule has 0 radical (unpaired) electrons. The zero-order chi connectivity index (χ0) is 17.8. The molecule has 0 saturated heterocycles. The number of amides is 1. The predicted molar refractivity (Wildman–Crippen MR) is 101 cm³/mol. The van der Waals surface area contributed by atoms with Crippen LogP contribution in [0.15, 0.2) is 42.5 Å². The van der Waals surface area contributed by atoms with Crippen molar-refractivity contribution in [2.45, 2.75) is 45.1 Å². The van der Waals surface area contributed by atoms with E-state index in [1.807, 2.05) is 43.1 Å². The summed E-state index contributed by atoms with van der Waals surface area (Å²) in [6, 6.07) is 14.4. The number of aryl methyl sites for hydroxylation is 2. The monoisotopic (exact) mass is 337 g/mol. The molecule has 25 heavy (non-hydrogen) atoms. The van der Waals surface area contributed by atoms with E-state index in [4.69, 9.17) is 4.74 Å². The highest BCUT2D eigenvalue weighted by Gasteiger charge is 2.21. The van der Waals surface area contributed by atoms with E-state index in [0.29, 0.717) is 6.42 Å². The number of hydrogen-bond donors (Lipinski definition) is 0. The molecular weight excluding hydrogens is 310 g/mol. The lowest BCUT2D eigenvalue weighted by Gasteiger charge is -2.27. The van der Waals surface area contributed by atoms with Crippen LogP contribution in [0, 0.1) is 0 Å². The Morgan fingerprint density at radius 1 is 1.12 bits per heavy atom. The summed E-state index contributed by atoms with van der Waals surface area (Å²) in [6.07, 6.45) is 5.31. The Labute approximate surface area is 150 Å². The number of benzene rings is 2. The molecule has 1 aliphatic rings. The molecule has 0 fully saturated rings. The van der Waals surface area contributed by atoms with Crippen LogP contribution in [0.1, 0.15) is 48.1 Å². The molecule has 3 nitrogen and oxygen atoms in total. The number of rotatable bonds is 5. The van der Waals surface area contributed by atoms with Crippen LogP contribution >= 0.6 is 0 Å². The van der Waals surface area contributed by atoms with Gasteiger partial charge < -0.3 is 9.64 Å². The predicted octanol–water partition coefficient (Wildman–Crippen LogP) is 4.34. The van der Waals surface area contributed by atoms with E-state index in [1.54, 1.807) is 7.11 Å². The van der Waals surface area contributed by atoms with E-state index in [-0.39, 0.29) is 11.9 Å². The minimum atomic E-state index is -0.0266. The molecule has 0 N–H and O–H groups in total. The topological polar surface area (TPSA) is 29.5 Å². The van der Waals surface area contributed by atoms with E-state index in [0.717, 1.165) is 23.3 Å². The summed E-state index contributed by atoms with van der Waals surface area (Å²) in [5.74, 6) is 0.956. The molecule has 2 aromatic rings. The lowest BCUT2D eigenvalue weighted by molar-refractivity contribution is -0.131. The number of hydrogen-bond acceptors (Lipinski definition) is 2. The molecule has 3 rings (SSSR count). The van der Waals surface area contributed by atoms with Crippen molar-refractivity contribution in [3.05, 3.63) is 64.7 Å².